The Hall–Kier alpha value is -1.96. The van der Waals surface area contributed by atoms with Crippen LogP contribution in [0.3, 0.4) is 0 Å². The molecule has 1 aromatic heterocycles. The van der Waals surface area contributed by atoms with Gasteiger partial charge >= 0.3 is 5.97 Å². The largest absolute Gasteiger partial charge is 0.476 e. The molecule has 0 aliphatic heterocycles. The van der Waals surface area contributed by atoms with Crippen molar-refractivity contribution in [3.8, 4) is 6.07 Å². The van der Waals surface area contributed by atoms with Crippen molar-refractivity contribution in [3.63, 3.8) is 0 Å². The van der Waals surface area contributed by atoms with Crippen LogP contribution in [0.2, 0.25) is 0 Å². The van der Waals surface area contributed by atoms with Crippen molar-refractivity contribution in [2.75, 3.05) is 0 Å². The number of hydrogen-bond donors (Lipinski definition) is 1. The summed E-state index contributed by atoms with van der Waals surface area (Å²) in [5.74, 6) is -1.12. The van der Waals surface area contributed by atoms with Gasteiger partial charge in [0.1, 0.15) is 0 Å². The monoisotopic (exact) mass is 163 g/mol. The molecule has 0 spiro atoms. The average Bonchev–Trinajstić information content (AvgIpc) is 2.06. The molecular weight excluding hydrogens is 158 g/mol. The summed E-state index contributed by atoms with van der Waals surface area (Å²) in [5, 5.41) is 16.7. The lowest BCUT2D eigenvalue weighted by atomic mass is 10.3. The maximum absolute atomic E-state index is 10.3. The average molecular weight is 163 g/mol. The van der Waals surface area contributed by atoms with Crippen molar-refractivity contribution in [1.29, 1.82) is 5.26 Å². The highest BCUT2D eigenvalue weighted by Crippen LogP contribution is 1.95. The quantitative estimate of drug-likeness (QED) is 0.674. The van der Waals surface area contributed by atoms with Crippen LogP contribution in [0.1, 0.15) is 16.2 Å². The van der Waals surface area contributed by atoms with Crippen LogP contribution in [-0.2, 0) is 6.42 Å². The van der Waals surface area contributed by atoms with Crippen LogP contribution < -0.4 is 0 Å². The summed E-state index contributed by atoms with van der Waals surface area (Å²) in [4.78, 5) is 17.6. The molecule has 0 amide bonds. The fraction of sp³-hybridized carbons (Fsp3) is 0.143. The first-order valence-corrected chi connectivity index (χ1v) is 3.15. The highest BCUT2D eigenvalue weighted by molar-refractivity contribution is 5.84. The smallest absolute Gasteiger partial charge is 0.356 e. The second-order valence-corrected chi connectivity index (χ2v) is 2.03. The Morgan fingerprint density at radius 3 is 2.75 bits per heavy atom. The number of carbonyl (C=O) groups is 1. The van der Waals surface area contributed by atoms with Gasteiger partial charge in [-0.1, -0.05) is 0 Å². The molecule has 0 aromatic carbocycles. The highest BCUT2D eigenvalue weighted by atomic mass is 16.4. The van der Waals surface area contributed by atoms with Gasteiger partial charge in [-0.25, -0.2) is 9.78 Å². The number of aromatic nitrogens is 2. The second-order valence-electron chi connectivity index (χ2n) is 2.03. The third-order valence-electron chi connectivity index (χ3n) is 1.18. The molecular formula is C7H5N3O2. The zero-order chi connectivity index (χ0) is 8.97. The van der Waals surface area contributed by atoms with E-state index in [1.165, 1.54) is 6.20 Å². The fourth-order valence-electron chi connectivity index (χ4n) is 0.637. The number of aromatic carboxylic acids is 1. The molecule has 12 heavy (non-hydrogen) atoms. The number of carboxylic acid groups (broad SMARTS) is 1. The van der Waals surface area contributed by atoms with Crippen molar-refractivity contribution >= 4 is 5.97 Å². The molecule has 0 fully saturated rings. The van der Waals surface area contributed by atoms with Crippen molar-refractivity contribution in [2.45, 2.75) is 6.42 Å². The minimum absolute atomic E-state index is 0.114. The number of hydrogen-bond acceptors (Lipinski definition) is 4. The molecule has 0 unspecified atom stereocenters. The van der Waals surface area contributed by atoms with Crippen LogP contribution >= 0.6 is 0 Å². The van der Waals surface area contributed by atoms with E-state index in [1.807, 2.05) is 6.07 Å². The third-order valence-corrected chi connectivity index (χ3v) is 1.18. The normalized spacial score (nSPS) is 8.92. The molecule has 1 aromatic rings. The predicted octanol–water partition coefficient (Wildman–Crippen LogP) is 0.241. The summed E-state index contributed by atoms with van der Waals surface area (Å²) in [7, 11) is 0. The molecule has 60 valence electrons. The number of rotatable bonds is 2. The van der Waals surface area contributed by atoms with E-state index in [0.717, 1.165) is 6.20 Å². The predicted molar refractivity (Wildman–Crippen MR) is 38.3 cm³/mol. The maximum atomic E-state index is 10.3. The SMILES string of the molecule is N#CCc1cnc(C(=O)O)cn1. The van der Waals surface area contributed by atoms with Gasteiger partial charge in [0.25, 0.3) is 0 Å². The van der Waals surface area contributed by atoms with Crippen molar-refractivity contribution in [2.24, 2.45) is 0 Å². The lowest BCUT2D eigenvalue weighted by Crippen LogP contribution is -2.02. The fourth-order valence-corrected chi connectivity index (χ4v) is 0.637. The summed E-state index contributed by atoms with van der Waals surface area (Å²) >= 11 is 0. The minimum atomic E-state index is -1.12. The molecule has 0 aliphatic rings. The molecule has 1 N–H and O–H groups in total. The van der Waals surface area contributed by atoms with E-state index in [0.29, 0.717) is 5.69 Å². The van der Waals surface area contributed by atoms with Gasteiger partial charge < -0.3 is 5.11 Å². The molecule has 0 atom stereocenters. The van der Waals surface area contributed by atoms with Crippen molar-refractivity contribution in [1.82, 2.24) is 9.97 Å². The van der Waals surface area contributed by atoms with Crippen molar-refractivity contribution < 1.29 is 9.90 Å². The van der Waals surface area contributed by atoms with Crippen LogP contribution in [-0.4, -0.2) is 21.0 Å². The summed E-state index contributed by atoms with van der Waals surface area (Å²) in [5.41, 5.74) is 0.360. The van der Waals surface area contributed by atoms with Crippen LogP contribution in [0.5, 0.6) is 0 Å². The Balaban J connectivity index is 2.87. The van der Waals surface area contributed by atoms with Gasteiger partial charge in [0.05, 0.1) is 30.6 Å². The van der Waals surface area contributed by atoms with E-state index in [2.05, 4.69) is 9.97 Å². The van der Waals surface area contributed by atoms with E-state index in [4.69, 9.17) is 10.4 Å². The molecule has 5 heteroatoms. The van der Waals surface area contributed by atoms with E-state index < -0.39 is 5.97 Å². The van der Waals surface area contributed by atoms with Crippen LogP contribution in [0.15, 0.2) is 12.4 Å². The van der Waals surface area contributed by atoms with E-state index in [1.54, 1.807) is 0 Å². The van der Waals surface area contributed by atoms with Gasteiger partial charge in [-0.3, -0.25) is 4.98 Å². The first-order chi connectivity index (χ1) is 5.74. The molecule has 0 aliphatic carbocycles. The van der Waals surface area contributed by atoms with E-state index in [9.17, 15) is 4.79 Å². The number of nitrogens with zero attached hydrogens (tertiary/aromatic N) is 3. The van der Waals surface area contributed by atoms with Crippen molar-refractivity contribution in [3.05, 3.63) is 23.8 Å². The summed E-state index contributed by atoms with van der Waals surface area (Å²) < 4.78 is 0. The minimum Gasteiger partial charge on any atom is -0.476 e. The molecule has 1 heterocycles. The third kappa shape index (κ3) is 1.76. The summed E-state index contributed by atoms with van der Waals surface area (Å²) in [6.45, 7) is 0. The lowest BCUT2D eigenvalue weighted by molar-refractivity contribution is 0.0690. The van der Waals surface area contributed by atoms with Crippen LogP contribution in [0.25, 0.3) is 0 Å². The summed E-state index contributed by atoms with van der Waals surface area (Å²) in [6, 6.07) is 1.88. The maximum Gasteiger partial charge on any atom is 0.356 e. The van der Waals surface area contributed by atoms with Gasteiger partial charge in [-0.05, 0) is 0 Å². The van der Waals surface area contributed by atoms with E-state index in [-0.39, 0.29) is 12.1 Å². The van der Waals surface area contributed by atoms with Gasteiger partial charge in [0.15, 0.2) is 5.69 Å². The first-order valence-electron chi connectivity index (χ1n) is 3.15. The number of carboxylic acids is 1. The number of nitriles is 1. The Bertz CT molecular complexity index is 325. The Kier molecular flexibility index (Phi) is 2.33. The molecule has 0 radical (unpaired) electrons. The molecule has 1 rings (SSSR count). The first kappa shape index (κ1) is 8.14. The van der Waals surface area contributed by atoms with Gasteiger partial charge in [0, 0.05) is 0 Å². The zero-order valence-corrected chi connectivity index (χ0v) is 6.06. The van der Waals surface area contributed by atoms with Crippen LogP contribution in [0.4, 0.5) is 0 Å². The van der Waals surface area contributed by atoms with E-state index >= 15 is 0 Å². The second kappa shape index (κ2) is 3.44. The zero-order valence-electron chi connectivity index (χ0n) is 6.06. The van der Waals surface area contributed by atoms with Gasteiger partial charge in [-0.2, -0.15) is 5.26 Å². The Labute approximate surface area is 68.3 Å². The molecule has 0 bridgehead atoms. The molecule has 0 saturated carbocycles. The Morgan fingerprint density at radius 1 is 1.58 bits per heavy atom. The highest BCUT2D eigenvalue weighted by Gasteiger charge is 2.03. The molecule has 0 saturated heterocycles. The molecule has 5 nitrogen and oxygen atoms in total. The van der Waals surface area contributed by atoms with Gasteiger partial charge in [0.2, 0.25) is 0 Å². The van der Waals surface area contributed by atoms with Crippen LogP contribution in [0, 0.1) is 11.3 Å². The standard InChI is InChI=1S/C7H5N3O2/c8-2-1-5-3-10-6(4-9-5)7(11)12/h3-4H,1H2,(H,11,12). The lowest BCUT2D eigenvalue weighted by Gasteiger charge is -1.93. The summed E-state index contributed by atoms with van der Waals surface area (Å²) in [6.07, 6.45) is 2.56. The Morgan fingerprint density at radius 2 is 2.33 bits per heavy atom. The topological polar surface area (TPSA) is 86.9 Å². The van der Waals surface area contributed by atoms with Gasteiger partial charge in [-0.15, -0.1) is 0 Å².